The Morgan fingerprint density at radius 1 is 1.11 bits per heavy atom. The maximum absolute atomic E-state index is 12.6. The summed E-state index contributed by atoms with van der Waals surface area (Å²) in [5.74, 6) is 0.644. The molecular formula is C18H24F3N5S2. The summed E-state index contributed by atoms with van der Waals surface area (Å²) < 4.78 is 37.7. The number of hydrogen-bond acceptors (Lipinski definition) is 5. The summed E-state index contributed by atoms with van der Waals surface area (Å²) in [6, 6.07) is 0. The predicted octanol–water partition coefficient (Wildman–Crippen LogP) is 3.84. The Labute approximate surface area is 170 Å². The molecule has 28 heavy (non-hydrogen) atoms. The van der Waals surface area contributed by atoms with Crippen LogP contribution in [0.3, 0.4) is 0 Å². The quantitative estimate of drug-likeness (QED) is 0.397. The fourth-order valence-electron chi connectivity index (χ4n) is 3.02. The van der Waals surface area contributed by atoms with Crippen molar-refractivity contribution in [2.45, 2.75) is 51.1 Å². The third kappa shape index (κ3) is 5.91. The lowest BCUT2D eigenvalue weighted by Crippen LogP contribution is -2.38. The molecule has 2 aromatic heterocycles. The molecule has 0 aromatic carbocycles. The molecule has 0 spiro atoms. The van der Waals surface area contributed by atoms with Crippen molar-refractivity contribution in [2.24, 2.45) is 4.99 Å². The molecule has 0 unspecified atom stereocenters. The van der Waals surface area contributed by atoms with Crippen LogP contribution < -0.4 is 10.6 Å². The van der Waals surface area contributed by atoms with Crippen molar-refractivity contribution in [1.82, 2.24) is 20.6 Å². The number of nitrogens with zero attached hydrogens (tertiary/aromatic N) is 3. The first kappa shape index (κ1) is 21.0. The normalized spacial score (nSPS) is 14.8. The zero-order chi connectivity index (χ0) is 20.0. The van der Waals surface area contributed by atoms with Gasteiger partial charge in [-0.25, -0.2) is 9.97 Å². The molecule has 0 saturated carbocycles. The van der Waals surface area contributed by atoms with Crippen LogP contribution in [0.2, 0.25) is 0 Å². The van der Waals surface area contributed by atoms with Gasteiger partial charge in [-0.1, -0.05) is 0 Å². The third-order valence-electron chi connectivity index (χ3n) is 4.45. The molecule has 0 radical (unpaired) electrons. The summed E-state index contributed by atoms with van der Waals surface area (Å²) >= 11 is 2.87. The summed E-state index contributed by atoms with van der Waals surface area (Å²) in [4.78, 5) is 14.0. The summed E-state index contributed by atoms with van der Waals surface area (Å²) in [6.07, 6.45) is 2.75. The van der Waals surface area contributed by atoms with Crippen molar-refractivity contribution in [2.75, 3.05) is 20.1 Å². The van der Waals surface area contributed by atoms with E-state index in [-0.39, 0.29) is 0 Å². The van der Waals surface area contributed by atoms with E-state index in [1.54, 1.807) is 7.05 Å². The van der Waals surface area contributed by atoms with Crippen LogP contribution in [0.25, 0.3) is 0 Å². The summed E-state index contributed by atoms with van der Waals surface area (Å²) in [5.41, 5.74) is 0.478. The molecule has 154 valence electrons. The fraction of sp³-hybridized carbons (Fsp3) is 0.611. The molecule has 10 heteroatoms. The monoisotopic (exact) mass is 431 g/mol. The van der Waals surface area contributed by atoms with E-state index in [9.17, 15) is 13.2 Å². The molecule has 0 saturated heterocycles. The van der Waals surface area contributed by atoms with Gasteiger partial charge in [0.2, 0.25) is 0 Å². The highest BCUT2D eigenvalue weighted by molar-refractivity contribution is 7.11. The van der Waals surface area contributed by atoms with Crippen molar-refractivity contribution in [3.8, 4) is 0 Å². The first-order valence-corrected chi connectivity index (χ1v) is 11.1. The zero-order valence-corrected chi connectivity index (χ0v) is 17.4. The van der Waals surface area contributed by atoms with Gasteiger partial charge in [-0.3, -0.25) is 4.99 Å². The Bertz CT molecular complexity index is 774. The minimum Gasteiger partial charge on any atom is -0.356 e. The zero-order valence-electron chi connectivity index (χ0n) is 15.7. The minimum atomic E-state index is -4.38. The van der Waals surface area contributed by atoms with Crippen LogP contribution >= 0.6 is 22.7 Å². The largest absolute Gasteiger partial charge is 0.434 e. The molecular weight excluding hydrogens is 407 g/mol. The van der Waals surface area contributed by atoms with E-state index in [2.05, 4.69) is 20.6 Å². The number of alkyl halides is 3. The Morgan fingerprint density at radius 2 is 1.89 bits per heavy atom. The number of aliphatic imine (C=N–C) groups is 1. The number of fused-ring (bicyclic) bond motifs is 1. The summed E-state index contributed by atoms with van der Waals surface area (Å²) in [6.45, 7) is 1.24. The standard InChI is InChI=1S/C18H24F3N5S2/c1-22-17(24-10-8-15-26-14(11-27-15)18(19,20)21)23-9-4-7-16-25-12-5-2-3-6-13(12)28-16/h11H,2-10H2,1H3,(H2,22,23,24). The number of hydrogen-bond donors (Lipinski definition) is 2. The first-order valence-electron chi connectivity index (χ1n) is 9.39. The van der Waals surface area contributed by atoms with E-state index >= 15 is 0 Å². The highest BCUT2D eigenvalue weighted by atomic mass is 32.1. The number of rotatable bonds is 7. The van der Waals surface area contributed by atoms with Gasteiger partial charge in [0.1, 0.15) is 0 Å². The molecule has 0 atom stereocenters. The molecule has 0 amide bonds. The maximum atomic E-state index is 12.6. The molecule has 3 rings (SSSR count). The van der Waals surface area contributed by atoms with Gasteiger partial charge in [-0.2, -0.15) is 13.2 Å². The summed E-state index contributed by atoms with van der Waals surface area (Å²) in [5, 5.41) is 9.08. The van der Waals surface area contributed by atoms with Crippen LogP contribution in [0.15, 0.2) is 10.4 Å². The average Bonchev–Trinajstić information content (AvgIpc) is 3.30. The molecule has 1 aliphatic carbocycles. The van der Waals surface area contributed by atoms with Gasteiger partial charge in [-0.05, 0) is 32.1 Å². The molecule has 0 aliphatic heterocycles. The van der Waals surface area contributed by atoms with Gasteiger partial charge < -0.3 is 10.6 Å². The van der Waals surface area contributed by atoms with E-state index in [4.69, 9.17) is 4.98 Å². The average molecular weight is 432 g/mol. The second-order valence-electron chi connectivity index (χ2n) is 6.59. The molecule has 2 N–H and O–H groups in total. The van der Waals surface area contributed by atoms with Crippen LogP contribution in [0.5, 0.6) is 0 Å². The Balaban J connectivity index is 1.34. The Kier molecular flexibility index (Phi) is 7.28. The maximum Gasteiger partial charge on any atom is 0.434 e. The number of halogens is 3. The fourth-order valence-corrected chi connectivity index (χ4v) is 5.03. The van der Waals surface area contributed by atoms with Gasteiger partial charge in [0.05, 0.1) is 15.7 Å². The molecule has 2 aromatic rings. The van der Waals surface area contributed by atoms with E-state index < -0.39 is 11.9 Å². The van der Waals surface area contributed by atoms with Gasteiger partial charge in [-0.15, -0.1) is 22.7 Å². The molecule has 1 aliphatic rings. The lowest BCUT2D eigenvalue weighted by Gasteiger charge is -2.10. The van der Waals surface area contributed by atoms with E-state index in [0.29, 0.717) is 23.9 Å². The van der Waals surface area contributed by atoms with Crippen LogP contribution in [-0.4, -0.2) is 36.1 Å². The van der Waals surface area contributed by atoms with Crippen molar-refractivity contribution < 1.29 is 13.2 Å². The van der Waals surface area contributed by atoms with E-state index in [1.165, 1.54) is 34.8 Å². The van der Waals surface area contributed by atoms with Gasteiger partial charge >= 0.3 is 6.18 Å². The van der Waals surface area contributed by atoms with Crippen LogP contribution in [0.4, 0.5) is 13.2 Å². The second-order valence-corrected chi connectivity index (χ2v) is 8.70. The minimum absolute atomic E-state index is 0.423. The lowest BCUT2D eigenvalue weighted by molar-refractivity contribution is -0.140. The third-order valence-corrected chi connectivity index (χ3v) is 6.57. The van der Waals surface area contributed by atoms with Crippen molar-refractivity contribution in [3.05, 3.63) is 31.7 Å². The number of nitrogens with one attached hydrogen (secondary N) is 2. The van der Waals surface area contributed by atoms with Gasteiger partial charge in [0, 0.05) is 43.2 Å². The molecule has 0 fully saturated rings. The Morgan fingerprint density at radius 3 is 2.61 bits per heavy atom. The number of guanidine groups is 1. The van der Waals surface area contributed by atoms with E-state index in [1.807, 2.05) is 11.3 Å². The van der Waals surface area contributed by atoms with Crippen molar-refractivity contribution in [1.29, 1.82) is 0 Å². The molecule has 5 nitrogen and oxygen atoms in total. The summed E-state index contributed by atoms with van der Waals surface area (Å²) in [7, 11) is 1.68. The highest BCUT2D eigenvalue weighted by Crippen LogP contribution is 2.30. The smallest absolute Gasteiger partial charge is 0.356 e. The van der Waals surface area contributed by atoms with Crippen LogP contribution in [0, 0.1) is 0 Å². The highest BCUT2D eigenvalue weighted by Gasteiger charge is 2.33. The van der Waals surface area contributed by atoms with Crippen LogP contribution in [0.1, 0.15) is 45.5 Å². The number of aromatic nitrogens is 2. The molecule has 0 bridgehead atoms. The second kappa shape index (κ2) is 9.69. The van der Waals surface area contributed by atoms with Crippen molar-refractivity contribution in [3.63, 3.8) is 0 Å². The first-order chi connectivity index (χ1) is 13.5. The number of aryl methyl sites for hydroxylation is 3. The van der Waals surface area contributed by atoms with Gasteiger partial charge in [0.25, 0.3) is 0 Å². The number of thiazole rings is 2. The lowest BCUT2D eigenvalue weighted by atomic mass is 10.0. The predicted molar refractivity (Wildman–Crippen MR) is 107 cm³/mol. The molecule has 2 heterocycles. The van der Waals surface area contributed by atoms with Crippen molar-refractivity contribution >= 4 is 28.6 Å². The van der Waals surface area contributed by atoms with Gasteiger partial charge in [0.15, 0.2) is 11.7 Å². The SMILES string of the molecule is CN=C(NCCCc1nc2c(s1)CCCC2)NCCc1nc(C(F)(F)F)cs1. The topological polar surface area (TPSA) is 62.2 Å². The van der Waals surface area contributed by atoms with E-state index in [0.717, 1.165) is 42.5 Å². The van der Waals surface area contributed by atoms with Crippen LogP contribution in [-0.2, 0) is 31.9 Å². The Hall–Kier alpha value is -1.68.